The first-order chi connectivity index (χ1) is 10.0. The number of thiophene rings is 1. The van der Waals surface area contributed by atoms with Gasteiger partial charge in [0, 0.05) is 0 Å². The first-order valence-electron chi connectivity index (χ1n) is 7.24. The highest BCUT2D eigenvalue weighted by atomic mass is 32.1. The lowest BCUT2D eigenvalue weighted by Gasteiger charge is -2.41. The van der Waals surface area contributed by atoms with E-state index >= 15 is 0 Å². The van der Waals surface area contributed by atoms with E-state index in [1.165, 1.54) is 4.90 Å². The van der Waals surface area contributed by atoms with Crippen LogP contribution in [0.3, 0.4) is 0 Å². The number of nitrogens with one attached hydrogen (secondary N) is 1. The minimum absolute atomic E-state index is 0.245. The highest BCUT2D eigenvalue weighted by Gasteiger charge is 2.53. The van der Waals surface area contributed by atoms with E-state index in [-0.39, 0.29) is 12.5 Å². The second kappa shape index (κ2) is 5.26. The number of barbiturate groups is 1. The van der Waals surface area contributed by atoms with Crippen LogP contribution < -0.4 is 5.32 Å². The second-order valence-electron chi connectivity index (χ2n) is 5.87. The standard InChI is InChI=1S/C15H18N2O3S/c1-10-8-21-9-11(10)7-17-13(19)15(5-3-2-4-6-15)12(18)16-14(17)20/h8-9H,2-7H2,1H3,(H,16,18,20). The molecule has 0 radical (unpaired) electrons. The van der Waals surface area contributed by atoms with Gasteiger partial charge in [0.15, 0.2) is 0 Å². The van der Waals surface area contributed by atoms with Gasteiger partial charge in [0.05, 0.1) is 6.54 Å². The summed E-state index contributed by atoms with van der Waals surface area (Å²) < 4.78 is 0. The van der Waals surface area contributed by atoms with Crippen LogP contribution in [-0.4, -0.2) is 22.7 Å². The van der Waals surface area contributed by atoms with Crippen molar-refractivity contribution in [3.63, 3.8) is 0 Å². The molecule has 0 bridgehead atoms. The Kier molecular flexibility index (Phi) is 3.57. The number of hydrogen-bond donors (Lipinski definition) is 1. The molecule has 0 atom stereocenters. The average Bonchev–Trinajstić information content (AvgIpc) is 2.88. The number of nitrogens with zero attached hydrogens (tertiary/aromatic N) is 1. The van der Waals surface area contributed by atoms with Gasteiger partial charge >= 0.3 is 6.03 Å². The van der Waals surface area contributed by atoms with Gasteiger partial charge in [-0.1, -0.05) is 19.3 Å². The van der Waals surface area contributed by atoms with Gasteiger partial charge in [0.2, 0.25) is 11.8 Å². The van der Waals surface area contributed by atoms with Gasteiger partial charge in [-0.3, -0.25) is 19.8 Å². The monoisotopic (exact) mass is 306 g/mol. The number of carbonyl (C=O) groups excluding carboxylic acids is 3. The summed E-state index contributed by atoms with van der Waals surface area (Å²) in [6, 6.07) is -0.591. The molecule has 2 aliphatic rings. The Morgan fingerprint density at radius 2 is 1.90 bits per heavy atom. The Morgan fingerprint density at radius 3 is 2.52 bits per heavy atom. The van der Waals surface area contributed by atoms with Crippen LogP contribution in [0.4, 0.5) is 4.79 Å². The topological polar surface area (TPSA) is 66.5 Å². The smallest absolute Gasteiger partial charge is 0.277 e. The van der Waals surface area contributed by atoms with Crippen molar-refractivity contribution in [3.05, 3.63) is 21.9 Å². The van der Waals surface area contributed by atoms with Crippen LogP contribution in [0.5, 0.6) is 0 Å². The van der Waals surface area contributed by atoms with Crippen molar-refractivity contribution in [2.24, 2.45) is 5.41 Å². The van der Waals surface area contributed by atoms with Gasteiger partial charge in [-0.25, -0.2) is 4.79 Å². The van der Waals surface area contributed by atoms with E-state index in [4.69, 9.17) is 0 Å². The maximum absolute atomic E-state index is 12.8. The fourth-order valence-corrected chi connectivity index (χ4v) is 4.04. The number of imide groups is 2. The van der Waals surface area contributed by atoms with Gasteiger partial charge in [-0.05, 0) is 41.7 Å². The van der Waals surface area contributed by atoms with Crippen molar-refractivity contribution >= 4 is 29.2 Å². The van der Waals surface area contributed by atoms with E-state index in [1.807, 2.05) is 17.7 Å². The molecule has 1 aromatic heterocycles. The van der Waals surface area contributed by atoms with Gasteiger partial charge in [0.25, 0.3) is 0 Å². The Balaban J connectivity index is 1.89. The Bertz CT molecular complexity index is 602. The quantitative estimate of drug-likeness (QED) is 0.854. The molecule has 5 nitrogen and oxygen atoms in total. The third-order valence-corrected chi connectivity index (χ3v) is 5.46. The molecule has 1 N–H and O–H groups in total. The van der Waals surface area contributed by atoms with Crippen LogP contribution in [0, 0.1) is 12.3 Å². The highest BCUT2D eigenvalue weighted by Crippen LogP contribution is 2.40. The van der Waals surface area contributed by atoms with Crippen LogP contribution in [0.25, 0.3) is 0 Å². The van der Waals surface area contributed by atoms with Gasteiger partial charge < -0.3 is 0 Å². The number of hydrogen-bond acceptors (Lipinski definition) is 4. The molecule has 1 saturated heterocycles. The van der Waals surface area contributed by atoms with Gasteiger partial charge in [-0.15, -0.1) is 0 Å². The van der Waals surface area contributed by atoms with E-state index < -0.39 is 17.4 Å². The zero-order chi connectivity index (χ0) is 15.0. The van der Waals surface area contributed by atoms with Crippen molar-refractivity contribution in [1.82, 2.24) is 10.2 Å². The molecular formula is C15H18N2O3S. The van der Waals surface area contributed by atoms with Crippen LogP contribution >= 0.6 is 11.3 Å². The lowest BCUT2D eigenvalue weighted by atomic mass is 9.71. The lowest BCUT2D eigenvalue weighted by molar-refractivity contribution is -0.154. The summed E-state index contributed by atoms with van der Waals surface area (Å²) in [5.74, 6) is -0.725. The first-order valence-corrected chi connectivity index (χ1v) is 8.18. The zero-order valence-corrected chi connectivity index (χ0v) is 12.8. The lowest BCUT2D eigenvalue weighted by Crippen LogP contribution is -2.63. The third-order valence-electron chi connectivity index (χ3n) is 4.55. The van der Waals surface area contributed by atoms with Crippen LogP contribution in [0.1, 0.15) is 43.2 Å². The normalized spacial score (nSPS) is 21.8. The molecule has 112 valence electrons. The Morgan fingerprint density at radius 1 is 1.19 bits per heavy atom. The summed E-state index contributed by atoms with van der Waals surface area (Å²) >= 11 is 1.55. The van der Waals surface area contributed by atoms with E-state index in [0.29, 0.717) is 12.8 Å². The molecule has 2 heterocycles. The minimum Gasteiger partial charge on any atom is -0.277 e. The fourth-order valence-electron chi connectivity index (χ4n) is 3.19. The molecule has 3 rings (SSSR count). The number of aryl methyl sites for hydroxylation is 1. The summed E-state index contributed by atoms with van der Waals surface area (Å²) in [4.78, 5) is 38.3. The highest BCUT2D eigenvalue weighted by molar-refractivity contribution is 7.08. The molecular weight excluding hydrogens is 288 g/mol. The second-order valence-corrected chi connectivity index (χ2v) is 6.62. The zero-order valence-electron chi connectivity index (χ0n) is 12.0. The summed E-state index contributed by atoms with van der Waals surface area (Å²) in [5, 5.41) is 6.32. The Hall–Kier alpha value is -1.69. The van der Waals surface area contributed by atoms with E-state index in [2.05, 4.69) is 5.32 Å². The molecule has 0 aromatic carbocycles. The number of rotatable bonds is 2. The molecule has 6 heteroatoms. The van der Waals surface area contributed by atoms with E-state index in [0.717, 1.165) is 30.4 Å². The van der Waals surface area contributed by atoms with E-state index in [1.54, 1.807) is 11.3 Å². The van der Waals surface area contributed by atoms with E-state index in [9.17, 15) is 14.4 Å². The molecule has 4 amide bonds. The van der Waals surface area contributed by atoms with Crippen molar-refractivity contribution in [2.75, 3.05) is 0 Å². The average molecular weight is 306 g/mol. The Labute approximate surface area is 127 Å². The summed E-state index contributed by atoms with van der Waals surface area (Å²) in [6.45, 7) is 2.20. The molecule has 2 fully saturated rings. The van der Waals surface area contributed by atoms with Crippen LogP contribution in [0.15, 0.2) is 10.8 Å². The predicted molar refractivity (Wildman–Crippen MR) is 78.7 cm³/mol. The number of carbonyl (C=O) groups is 3. The van der Waals surface area contributed by atoms with Gasteiger partial charge in [-0.2, -0.15) is 11.3 Å². The van der Waals surface area contributed by atoms with Crippen molar-refractivity contribution in [3.8, 4) is 0 Å². The predicted octanol–water partition coefficient (Wildman–Crippen LogP) is 2.59. The minimum atomic E-state index is -1.02. The fraction of sp³-hybridized carbons (Fsp3) is 0.533. The van der Waals surface area contributed by atoms with Crippen molar-refractivity contribution in [1.29, 1.82) is 0 Å². The van der Waals surface area contributed by atoms with Gasteiger partial charge in [0.1, 0.15) is 5.41 Å². The summed E-state index contributed by atoms with van der Waals surface area (Å²) in [7, 11) is 0. The summed E-state index contributed by atoms with van der Waals surface area (Å²) in [5.41, 5.74) is 1.01. The maximum atomic E-state index is 12.8. The molecule has 1 aliphatic carbocycles. The van der Waals surface area contributed by atoms with Crippen LogP contribution in [0.2, 0.25) is 0 Å². The molecule has 0 unspecified atom stereocenters. The summed E-state index contributed by atoms with van der Waals surface area (Å²) in [6.07, 6.45) is 3.85. The van der Waals surface area contributed by atoms with Crippen LogP contribution in [-0.2, 0) is 16.1 Å². The molecule has 1 spiro atoms. The maximum Gasteiger partial charge on any atom is 0.331 e. The molecule has 21 heavy (non-hydrogen) atoms. The number of urea groups is 1. The largest absolute Gasteiger partial charge is 0.331 e. The first kappa shape index (κ1) is 14.3. The molecule has 1 aromatic rings. The van der Waals surface area contributed by atoms with Crippen molar-refractivity contribution < 1.29 is 14.4 Å². The van der Waals surface area contributed by atoms with Crippen molar-refractivity contribution in [2.45, 2.75) is 45.6 Å². The number of amides is 4. The molecule has 1 saturated carbocycles. The third kappa shape index (κ3) is 2.27. The molecule has 1 aliphatic heterocycles. The SMILES string of the molecule is Cc1cscc1CN1C(=O)NC(=O)C2(CCCCC2)C1=O.